The first-order valence-corrected chi connectivity index (χ1v) is 23.2. The fraction of sp³-hybridized carbons (Fsp3) is 0.677. The number of anilines is 1. The van der Waals surface area contributed by atoms with Gasteiger partial charge in [0.2, 0.25) is 0 Å². The molecule has 0 N–H and O–H groups in total. The zero-order valence-corrected chi connectivity index (χ0v) is 30.2. The lowest BCUT2D eigenvalue weighted by Gasteiger charge is -2.34. The molecule has 1 unspecified atom stereocenters. The van der Waals surface area contributed by atoms with E-state index in [0.717, 1.165) is 42.0 Å². The molecule has 4 rings (SSSR count). The van der Waals surface area contributed by atoms with Crippen molar-refractivity contribution in [2.24, 2.45) is 0 Å². The number of carbonyl (C=O) groups is 1. The fourth-order valence-corrected chi connectivity index (χ4v) is 6.42. The lowest BCUT2D eigenvalue weighted by Crippen LogP contribution is -2.42. The van der Waals surface area contributed by atoms with Gasteiger partial charge in [-0.05, 0) is 45.7 Å². The van der Waals surface area contributed by atoms with E-state index in [-0.39, 0.29) is 12.0 Å². The Kier molecular flexibility index (Phi) is 11.0. The van der Waals surface area contributed by atoms with Crippen molar-refractivity contribution in [1.82, 2.24) is 24.5 Å². The van der Waals surface area contributed by atoms with Crippen molar-refractivity contribution in [1.29, 1.82) is 0 Å². The molecule has 11 nitrogen and oxygen atoms in total. The van der Waals surface area contributed by atoms with E-state index in [2.05, 4.69) is 55.2 Å². The van der Waals surface area contributed by atoms with Crippen LogP contribution in [0.25, 0.3) is 17.0 Å². The molecule has 4 heterocycles. The zero-order valence-electron chi connectivity index (χ0n) is 28.2. The van der Waals surface area contributed by atoms with E-state index < -0.39 is 21.7 Å². The normalized spacial score (nSPS) is 16.5. The second kappa shape index (κ2) is 14.1. The van der Waals surface area contributed by atoms with Crippen molar-refractivity contribution in [2.45, 2.75) is 96.5 Å². The number of likely N-dealkylation sites (tertiary alicyclic amines) is 1. The Bertz CT molecular complexity index is 1340. The quantitative estimate of drug-likeness (QED) is 0.111. The van der Waals surface area contributed by atoms with Crippen LogP contribution in [0.4, 0.5) is 10.6 Å². The van der Waals surface area contributed by atoms with Gasteiger partial charge in [0.1, 0.15) is 24.9 Å². The number of fused-ring (bicyclic) bond motifs is 1. The van der Waals surface area contributed by atoms with Crippen molar-refractivity contribution in [3.8, 4) is 11.3 Å². The maximum atomic E-state index is 13.0. The first-order valence-electron chi connectivity index (χ1n) is 15.8. The predicted octanol–water partition coefficient (Wildman–Crippen LogP) is 6.93. The van der Waals surface area contributed by atoms with E-state index in [1.54, 1.807) is 17.3 Å². The topological polar surface area (TPSA) is 107 Å². The molecule has 0 saturated carbocycles. The molecular formula is C31H52N6O5Si2. The van der Waals surface area contributed by atoms with Gasteiger partial charge in [-0.3, -0.25) is 0 Å². The van der Waals surface area contributed by atoms with Crippen molar-refractivity contribution in [2.75, 3.05) is 44.7 Å². The predicted molar refractivity (Wildman–Crippen MR) is 179 cm³/mol. The lowest BCUT2D eigenvalue weighted by atomic mass is 9.94. The molecule has 0 aliphatic carbocycles. The highest BCUT2D eigenvalue weighted by molar-refractivity contribution is 6.76. The minimum absolute atomic E-state index is 0.0277. The molecule has 1 fully saturated rings. The van der Waals surface area contributed by atoms with Gasteiger partial charge in [0.05, 0.1) is 23.7 Å². The molecule has 3 aromatic rings. The maximum absolute atomic E-state index is 13.0. The number of carbonyl (C=O) groups excluding carboxylic acids is 1. The SMILES string of the molecule is CC(C)(C)OC(=O)N1CCCC(c2cc(N(COCC[Si](C)(C)C)COCC[Si](C)(C)C)n3ncc(-c4cnco4)c3n2)C1. The van der Waals surface area contributed by atoms with Crippen LogP contribution in [-0.4, -0.2) is 92.1 Å². The highest BCUT2D eigenvalue weighted by atomic mass is 28.3. The Hall–Kier alpha value is -2.75. The second-order valence-electron chi connectivity index (χ2n) is 15.2. The number of hydrogen-bond acceptors (Lipinski definition) is 9. The molecular weight excluding hydrogens is 593 g/mol. The van der Waals surface area contributed by atoms with E-state index in [4.69, 9.17) is 28.7 Å². The van der Waals surface area contributed by atoms with Gasteiger partial charge in [-0.1, -0.05) is 39.3 Å². The Labute approximate surface area is 264 Å². The molecule has 0 spiro atoms. The molecule has 3 aromatic heterocycles. The summed E-state index contributed by atoms with van der Waals surface area (Å²) in [5.41, 5.74) is 1.75. The smallest absolute Gasteiger partial charge is 0.410 e. The van der Waals surface area contributed by atoms with Gasteiger partial charge in [0.25, 0.3) is 0 Å². The summed E-state index contributed by atoms with van der Waals surface area (Å²) >= 11 is 0. The fourth-order valence-electron chi connectivity index (χ4n) is 4.91. The molecule has 1 saturated heterocycles. The molecule has 1 aliphatic rings. The van der Waals surface area contributed by atoms with Crippen molar-refractivity contribution in [3.05, 3.63) is 30.5 Å². The standard InChI is InChI=1S/C31H52N6O5Si2/c1-31(2,3)42-30(38)35-12-10-11-24(20-35)26-17-28(37-29(34-26)25(18-33-37)27-19-32-21-41-27)36(22-39-13-15-43(4,5)6)23-40-14-16-44(7,8)9/h17-19,21,24H,10-16,20,22-23H2,1-9H3. The van der Waals surface area contributed by atoms with Gasteiger partial charge in [0, 0.05) is 54.4 Å². The number of aromatic nitrogens is 4. The summed E-state index contributed by atoms with van der Waals surface area (Å²) in [6, 6.07) is 4.24. The van der Waals surface area contributed by atoms with Crippen molar-refractivity contribution in [3.63, 3.8) is 0 Å². The number of nitrogens with zero attached hydrogens (tertiary/aromatic N) is 6. The van der Waals surface area contributed by atoms with Gasteiger partial charge >= 0.3 is 6.09 Å². The average molecular weight is 645 g/mol. The maximum Gasteiger partial charge on any atom is 0.410 e. The van der Waals surface area contributed by atoms with Crippen LogP contribution >= 0.6 is 0 Å². The van der Waals surface area contributed by atoms with E-state index in [1.165, 1.54) is 6.39 Å². The third-order valence-electron chi connectivity index (χ3n) is 7.47. The van der Waals surface area contributed by atoms with E-state index in [0.29, 0.717) is 51.2 Å². The monoisotopic (exact) mass is 644 g/mol. The Morgan fingerprint density at radius 1 is 1.05 bits per heavy atom. The molecule has 0 aromatic carbocycles. The van der Waals surface area contributed by atoms with Crippen molar-refractivity contribution >= 4 is 33.7 Å². The number of hydrogen-bond donors (Lipinski definition) is 0. The summed E-state index contributed by atoms with van der Waals surface area (Å²) in [5.74, 6) is 1.45. The van der Waals surface area contributed by atoms with E-state index >= 15 is 0 Å². The number of piperidine rings is 1. The first kappa shape index (κ1) is 34.1. The largest absolute Gasteiger partial charge is 0.444 e. The Morgan fingerprint density at radius 3 is 2.27 bits per heavy atom. The zero-order chi connectivity index (χ0) is 32.1. The van der Waals surface area contributed by atoms with Crippen molar-refractivity contribution < 1.29 is 23.4 Å². The van der Waals surface area contributed by atoms with Crippen LogP contribution in [0.15, 0.2) is 29.3 Å². The van der Waals surface area contributed by atoms with Gasteiger partial charge in [-0.15, -0.1) is 0 Å². The first-order chi connectivity index (χ1) is 20.6. The minimum atomic E-state index is -1.25. The third kappa shape index (κ3) is 9.88. The summed E-state index contributed by atoms with van der Waals surface area (Å²) in [6.45, 7) is 23.1. The van der Waals surface area contributed by atoms with Crippen LogP contribution in [0, 0.1) is 0 Å². The molecule has 13 heteroatoms. The highest BCUT2D eigenvalue weighted by Gasteiger charge is 2.31. The van der Waals surface area contributed by atoms with Gasteiger partial charge in [-0.2, -0.15) is 9.61 Å². The summed E-state index contributed by atoms with van der Waals surface area (Å²) in [5, 5.41) is 4.74. The van der Waals surface area contributed by atoms with E-state index in [1.807, 2.05) is 25.3 Å². The summed E-state index contributed by atoms with van der Waals surface area (Å²) in [6.07, 6.45) is 6.33. The van der Waals surface area contributed by atoms with Crippen LogP contribution in [0.3, 0.4) is 0 Å². The summed E-state index contributed by atoms with van der Waals surface area (Å²) < 4.78 is 25.7. The average Bonchev–Trinajstić information content (AvgIpc) is 3.60. The highest BCUT2D eigenvalue weighted by Crippen LogP contribution is 2.33. The molecule has 244 valence electrons. The third-order valence-corrected chi connectivity index (χ3v) is 10.9. The molecule has 0 radical (unpaired) electrons. The van der Waals surface area contributed by atoms with Crippen LogP contribution in [-0.2, 0) is 14.2 Å². The minimum Gasteiger partial charge on any atom is -0.444 e. The number of amides is 1. The number of ether oxygens (including phenoxy) is 3. The van der Waals surface area contributed by atoms with Crippen LogP contribution in [0.1, 0.15) is 45.2 Å². The van der Waals surface area contributed by atoms with Gasteiger partial charge in [0.15, 0.2) is 17.8 Å². The van der Waals surface area contributed by atoms with Gasteiger partial charge in [-0.25, -0.2) is 14.8 Å². The summed E-state index contributed by atoms with van der Waals surface area (Å²) in [4.78, 5) is 26.1. The van der Waals surface area contributed by atoms with Gasteiger partial charge < -0.3 is 28.4 Å². The van der Waals surface area contributed by atoms with E-state index in [9.17, 15) is 4.79 Å². The number of oxazole rings is 1. The molecule has 0 bridgehead atoms. The van der Waals surface area contributed by atoms with Crippen LogP contribution in [0.5, 0.6) is 0 Å². The molecule has 1 aliphatic heterocycles. The molecule has 1 atom stereocenters. The van der Waals surface area contributed by atoms with Crippen LogP contribution in [0.2, 0.25) is 51.4 Å². The molecule has 44 heavy (non-hydrogen) atoms. The number of rotatable bonds is 13. The Morgan fingerprint density at radius 2 is 1.70 bits per heavy atom. The van der Waals surface area contributed by atoms with Crippen LogP contribution < -0.4 is 4.90 Å². The Balaban J connectivity index is 1.69. The molecule has 1 amide bonds. The second-order valence-corrected chi connectivity index (χ2v) is 26.4. The summed E-state index contributed by atoms with van der Waals surface area (Å²) in [7, 11) is -2.50. The lowest BCUT2D eigenvalue weighted by molar-refractivity contribution is 0.0197.